The van der Waals surface area contributed by atoms with Crippen molar-refractivity contribution in [3.8, 4) is 0 Å². The van der Waals surface area contributed by atoms with Crippen LogP contribution in [0.1, 0.15) is 25.7 Å². The molecule has 1 atom stereocenters. The fraction of sp³-hybridized carbons (Fsp3) is 0.917. The number of nitrogens with one attached hydrogen (secondary N) is 2. The van der Waals surface area contributed by atoms with Gasteiger partial charge in [0, 0.05) is 33.4 Å². The predicted octanol–water partition coefficient (Wildman–Crippen LogP) is 0.298. The summed E-state index contributed by atoms with van der Waals surface area (Å²) in [4.78, 5) is 11.6. The first kappa shape index (κ1) is 14.4. The lowest BCUT2D eigenvalue weighted by Crippen LogP contribution is -2.35. The number of carbonyl (C=O) groups is 1. The molecule has 2 N–H and O–H groups in total. The average Bonchev–Trinajstić information content (AvgIpc) is 2.35. The lowest BCUT2D eigenvalue weighted by molar-refractivity contribution is -0.124. The van der Waals surface area contributed by atoms with Gasteiger partial charge in [-0.2, -0.15) is 0 Å². The summed E-state index contributed by atoms with van der Waals surface area (Å²) in [6.45, 7) is 3.76. The van der Waals surface area contributed by atoms with Crippen molar-refractivity contribution in [2.45, 2.75) is 31.8 Å². The molecule has 0 bridgehead atoms. The van der Waals surface area contributed by atoms with Gasteiger partial charge in [-0.1, -0.05) is 0 Å². The van der Waals surface area contributed by atoms with Gasteiger partial charge in [0.05, 0.1) is 19.1 Å². The maximum atomic E-state index is 11.6. The van der Waals surface area contributed by atoms with E-state index in [9.17, 15) is 4.79 Å². The third-order valence-electron chi connectivity index (χ3n) is 2.79. The maximum Gasteiger partial charge on any atom is 0.222 e. The van der Waals surface area contributed by atoms with Crippen LogP contribution in [-0.2, 0) is 14.3 Å². The van der Waals surface area contributed by atoms with Crippen LogP contribution in [-0.4, -0.2) is 52.0 Å². The van der Waals surface area contributed by atoms with Crippen LogP contribution >= 0.6 is 0 Å². The first-order valence-electron chi connectivity index (χ1n) is 6.41. The van der Waals surface area contributed by atoms with E-state index in [1.807, 2.05) is 0 Å². The van der Waals surface area contributed by atoms with E-state index in [-0.39, 0.29) is 12.0 Å². The minimum absolute atomic E-state index is 0.0884. The van der Waals surface area contributed by atoms with Crippen molar-refractivity contribution >= 4 is 5.91 Å². The molecule has 0 aliphatic carbocycles. The second kappa shape index (κ2) is 9.39. The first-order valence-corrected chi connectivity index (χ1v) is 6.41. The molecule has 17 heavy (non-hydrogen) atoms. The summed E-state index contributed by atoms with van der Waals surface area (Å²) in [6, 6.07) is 0. The van der Waals surface area contributed by atoms with Crippen LogP contribution in [0.5, 0.6) is 0 Å². The van der Waals surface area contributed by atoms with E-state index in [1.165, 1.54) is 6.42 Å². The number of methoxy groups -OCH3 is 1. The Morgan fingerprint density at radius 3 is 2.94 bits per heavy atom. The Labute approximate surface area is 103 Å². The van der Waals surface area contributed by atoms with Crippen molar-refractivity contribution in [2.75, 3.05) is 40.0 Å². The van der Waals surface area contributed by atoms with Gasteiger partial charge in [-0.05, 0) is 19.3 Å². The molecule has 5 heteroatoms. The second-order valence-electron chi connectivity index (χ2n) is 4.29. The number of ether oxygens (including phenoxy) is 2. The number of carbonyl (C=O) groups excluding carboxylic acids is 1. The molecule has 1 heterocycles. The van der Waals surface area contributed by atoms with Gasteiger partial charge in [0.25, 0.3) is 0 Å². The van der Waals surface area contributed by atoms with Crippen LogP contribution in [0.4, 0.5) is 0 Å². The molecule has 1 saturated heterocycles. The smallest absolute Gasteiger partial charge is 0.222 e. The quantitative estimate of drug-likeness (QED) is 0.603. The zero-order valence-electron chi connectivity index (χ0n) is 10.7. The number of amides is 1. The summed E-state index contributed by atoms with van der Waals surface area (Å²) >= 11 is 0. The van der Waals surface area contributed by atoms with Crippen LogP contribution in [0.15, 0.2) is 0 Å². The van der Waals surface area contributed by atoms with Crippen molar-refractivity contribution in [2.24, 2.45) is 0 Å². The topological polar surface area (TPSA) is 59.6 Å². The minimum Gasteiger partial charge on any atom is -0.383 e. The number of hydrogen-bond donors (Lipinski definition) is 2. The van der Waals surface area contributed by atoms with Gasteiger partial charge in [-0.3, -0.25) is 4.79 Å². The molecule has 1 aliphatic rings. The third-order valence-corrected chi connectivity index (χ3v) is 2.79. The summed E-state index contributed by atoms with van der Waals surface area (Å²) in [7, 11) is 1.67. The molecule has 0 aromatic rings. The van der Waals surface area contributed by atoms with Crippen molar-refractivity contribution < 1.29 is 14.3 Å². The van der Waals surface area contributed by atoms with Crippen LogP contribution < -0.4 is 10.6 Å². The van der Waals surface area contributed by atoms with Crippen LogP contribution in [0.25, 0.3) is 0 Å². The molecule has 1 aliphatic heterocycles. The van der Waals surface area contributed by atoms with E-state index in [0.29, 0.717) is 19.6 Å². The highest BCUT2D eigenvalue weighted by molar-refractivity contribution is 5.76. The third kappa shape index (κ3) is 7.31. The number of rotatable bonds is 8. The predicted molar refractivity (Wildman–Crippen MR) is 66.0 cm³/mol. The minimum atomic E-state index is 0.0884. The highest BCUT2D eigenvalue weighted by Gasteiger charge is 2.16. The molecule has 5 nitrogen and oxygen atoms in total. The summed E-state index contributed by atoms with van der Waals surface area (Å²) in [5.74, 6) is 0.0884. The lowest BCUT2D eigenvalue weighted by atomic mass is 10.1. The monoisotopic (exact) mass is 244 g/mol. The van der Waals surface area contributed by atoms with Crippen LogP contribution in [0.2, 0.25) is 0 Å². The largest absolute Gasteiger partial charge is 0.383 e. The summed E-state index contributed by atoms with van der Waals surface area (Å²) < 4.78 is 10.4. The molecule has 1 unspecified atom stereocenters. The summed E-state index contributed by atoms with van der Waals surface area (Å²) in [5.41, 5.74) is 0. The van der Waals surface area contributed by atoms with Crippen LogP contribution in [0, 0.1) is 0 Å². The standard InChI is InChI=1S/C12H24N2O3/c1-16-9-7-13-5-6-14-12(15)10-11-4-2-3-8-17-11/h11,13H,2-10H2,1H3,(H,14,15). The van der Waals surface area contributed by atoms with Gasteiger partial charge in [0.2, 0.25) is 5.91 Å². The van der Waals surface area contributed by atoms with Crippen molar-refractivity contribution in [1.29, 1.82) is 0 Å². The van der Waals surface area contributed by atoms with Crippen LogP contribution in [0.3, 0.4) is 0 Å². The molecule has 0 radical (unpaired) electrons. The zero-order chi connectivity index (χ0) is 12.3. The SMILES string of the molecule is COCCNCCNC(=O)CC1CCCCO1. The Hall–Kier alpha value is -0.650. The highest BCUT2D eigenvalue weighted by atomic mass is 16.5. The van der Waals surface area contributed by atoms with Crippen molar-refractivity contribution in [1.82, 2.24) is 10.6 Å². The Morgan fingerprint density at radius 1 is 1.35 bits per heavy atom. The molecular weight excluding hydrogens is 220 g/mol. The molecular formula is C12H24N2O3. The average molecular weight is 244 g/mol. The van der Waals surface area contributed by atoms with E-state index in [4.69, 9.17) is 9.47 Å². The Balaban J connectivity index is 1.93. The second-order valence-corrected chi connectivity index (χ2v) is 4.29. The summed E-state index contributed by atoms with van der Waals surface area (Å²) in [6.07, 6.45) is 3.94. The normalized spacial score (nSPS) is 20.2. The van der Waals surface area contributed by atoms with Gasteiger partial charge in [-0.25, -0.2) is 0 Å². The van der Waals surface area contributed by atoms with E-state index in [1.54, 1.807) is 7.11 Å². The van der Waals surface area contributed by atoms with E-state index in [2.05, 4.69) is 10.6 Å². The van der Waals surface area contributed by atoms with Crippen molar-refractivity contribution in [3.05, 3.63) is 0 Å². The Morgan fingerprint density at radius 2 is 2.24 bits per heavy atom. The Kier molecular flexibility index (Phi) is 7.96. The van der Waals surface area contributed by atoms with Gasteiger partial charge in [0.15, 0.2) is 0 Å². The Bertz CT molecular complexity index is 206. The molecule has 1 fully saturated rings. The molecule has 0 aromatic heterocycles. The first-order chi connectivity index (χ1) is 8.33. The van der Waals surface area contributed by atoms with Gasteiger partial charge >= 0.3 is 0 Å². The summed E-state index contributed by atoms with van der Waals surface area (Å²) in [5, 5.41) is 6.06. The molecule has 0 spiro atoms. The van der Waals surface area contributed by atoms with E-state index in [0.717, 1.165) is 32.5 Å². The lowest BCUT2D eigenvalue weighted by Gasteiger charge is -2.21. The fourth-order valence-electron chi connectivity index (χ4n) is 1.84. The maximum absolute atomic E-state index is 11.6. The van der Waals surface area contributed by atoms with Gasteiger partial charge < -0.3 is 20.1 Å². The fourth-order valence-corrected chi connectivity index (χ4v) is 1.84. The van der Waals surface area contributed by atoms with E-state index < -0.39 is 0 Å². The highest BCUT2D eigenvalue weighted by Crippen LogP contribution is 2.15. The molecule has 0 aromatic carbocycles. The molecule has 1 rings (SSSR count). The molecule has 100 valence electrons. The van der Waals surface area contributed by atoms with E-state index >= 15 is 0 Å². The van der Waals surface area contributed by atoms with Crippen molar-refractivity contribution in [3.63, 3.8) is 0 Å². The zero-order valence-corrected chi connectivity index (χ0v) is 10.7. The molecule has 0 saturated carbocycles. The molecule has 1 amide bonds. The van der Waals surface area contributed by atoms with Gasteiger partial charge in [0.1, 0.15) is 0 Å². The van der Waals surface area contributed by atoms with Gasteiger partial charge in [-0.15, -0.1) is 0 Å². The number of hydrogen-bond acceptors (Lipinski definition) is 4.